The molecule has 6 nitrogen and oxygen atoms in total. The van der Waals surface area contributed by atoms with E-state index in [1.165, 1.54) is 11.3 Å². The van der Waals surface area contributed by atoms with Crippen LogP contribution in [0.5, 0.6) is 11.6 Å². The number of amides is 1. The van der Waals surface area contributed by atoms with Crippen molar-refractivity contribution in [1.82, 2.24) is 4.98 Å². The van der Waals surface area contributed by atoms with Crippen LogP contribution >= 0.6 is 45.1 Å². The van der Waals surface area contributed by atoms with Crippen LogP contribution in [0.15, 0.2) is 60.7 Å². The van der Waals surface area contributed by atoms with Crippen LogP contribution in [0, 0.1) is 0 Å². The number of nitrogens with one attached hydrogen (secondary N) is 1. The van der Waals surface area contributed by atoms with Gasteiger partial charge in [0, 0.05) is 27.2 Å². The zero-order valence-corrected chi connectivity index (χ0v) is 20.8. The Hall–Kier alpha value is -2.33. The predicted octanol–water partition coefficient (Wildman–Crippen LogP) is 8.23. The van der Waals surface area contributed by atoms with Crippen molar-refractivity contribution in [2.45, 2.75) is 18.1 Å². The molecular formula is C24H20Cl2N2O4S2. The summed E-state index contributed by atoms with van der Waals surface area (Å²) in [5, 5.41) is 4.27. The van der Waals surface area contributed by atoms with Gasteiger partial charge in [0.15, 0.2) is 0 Å². The minimum absolute atomic E-state index is 0.179. The number of halogens is 2. The van der Waals surface area contributed by atoms with Crippen molar-refractivity contribution in [2.75, 3.05) is 11.1 Å². The van der Waals surface area contributed by atoms with E-state index in [4.69, 9.17) is 27.9 Å². The molecular weight excluding hydrogens is 515 g/mol. The molecule has 1 fully saturated rings. The maximum atomic E-state index is 13.0. The number of carbonyl (C=O) groups is 1. The molecule has 1 aliphatic heterocycles. The zero-order valence-electron chi connectivity index (χ0n) is 17.7. The average Bonchev–Trinajstić information content (AvgIpc) is 3.37. The first kappa shape index (κ1) is 23.4. The number of hydrogen-bond donors (Lipinski definition) is 3. The molecule has 34 heavy (non-hydrogen) atoms. The summed E-state index contributed by atoms with van der Waals surface area (Å²) in [5.41, 5.74) is 1.35. The van der Waals surface area contributed by atoms with E-state index in [1.54, 1.807) is 36.4 Å². The summed E-state index contributed by atoms with van der Waals surface area (Å²) in [4.78, 5) is 17.6. The van der Waals surface area contributed by atoms with Gasteiger partial charge >= 0.3 is 0 Å². The van der Waals surface area contributed by atoms with Crippen LogP contribution in [0.2, 0.25) is 10.2 Å². The van der Waals surface area contributed by atoms with Gasteiger partial charge in [-0.1, -0.05) is 29.3 Å². The number of aromatic nitrogens is 1. The van der Waals surface area contributed by atoms with Gasteiger partial charge in [0.2, 0.25) is 5.88 Å². The Labute approximate surface area is 211 Å². The Balaban J connectivity index is 1.35. The third-order valence-electron chi connectivity index (χ3n) is 5.57. The van der Waals surface area contributed by atoms with E-state index in [9.17, 15) is 13.9 Å². The van der Waals surface area contributed by atoms with E-state index in [0.717, 1.165) is 28.5 Å². The summed E-state index contributed by atoms with van der Waals surface area (Å²) in [6.07, 6.45) is 1.56. The van der Waals surface area contributed by atoms with Crippen LogP contribution in [-0.2, 0) is 0 Å². The van der Waals surface area contributed by atoms with Gasteiger partial charge in [0.25, 0.3) is 5.91 Å². The second-order valence-corrected chi connectivity index (χ2v) is 12.3. The third kappa shape index (κ3) is 5.02. The fourth-order valence-electron chi connectivity index (χ4n) is 3.98. The lowest BCUT2D eigenvalue weighted by Crippen LogP contribution is -2.10. The first-order valence-corrected chi connectivity index (χ1v) is 13.8. The number of carbonyl (C=O) groups excluding carboxylic acids is 1. The number of hydrogen-bond acceptors (Lipinski definition) is 6. The van der Waals surface area contributed by atoms with Crippen molar-refractivity contribution in [3.63, 3.8) is 0 Å². The Morgan fingerprint density at radius 2 is 1.88 bits per heavy atom. The van der Waals surface area contributed by atoms with Crippen molar-refractivity contribution in [1.29, 1.82) is 0 Å². The van der Waals surface area contributed by atoms with Crippen molar-refractivity contribution in [3.8, 4) is 11.6 Å². The van der Waals surface area contributed by atoms with Gasteiger partial charge in [-0.15, -0.1) is 11.3 Å². The quantitative estimate of drug-likeness (QED) is 0.224. The maximum absolute atomic E-state index is 13.0. The molecule has 4 aromatic rings. The minimum Gasteiger partial charge on any atom is -0.439 e. The topological polar surface area (TPSA) is 91.7 Å². The highest BCUT2D eigenvalue weighted by molar-refractivity contribution is 8.24. The summed E-state index contributed by atoms with van der Waals surface area (Å²) in [6, 6.07) is 17.6. The molecule has 0 spiro atoms. The van der Waals surface area contributed by atoms with E-state index >= 15 is 0 Å². The van der Waals surface area contributed by atoms with Gasteiger partial charge in [0.1, 0.15) is 10.9 Å². The molecule has 0 aliphatic carbocycles. The number of benzene rings is 2. The highest BCUT2D eigenvalue weighted by Gasteiger charge is 2.33. The second-order valence-electron chi connectivity index (χ2n) is 7.99. The predicted molar refractivity (Wildman–Crippen MR) is 140 cm³/mol. The van der Waals surface area contributed by atoms with Crippen LogP contribution in [0.25, 0.3) is 10.1 Å². The third-order valence-corrected chi connectivity index (χ3v) is 9.44. The number of nitrogens with zero attached hydrogens (tertiary/aromatic N) is 1. The molecule has 1 saturated heterocycles. The number of ether oxygens (including phenoxy) is 1. The van der Waals surface area contributed by atoms with Gasteiger partial charge in [-0.2, -0.15) is 10.6 Å². The Morgan fingerprint density at radius 3 is 2.62 bits per heavy atom. The molecule has 176 valence electrons. The van der Waals surface area contributed by atoms with E-state index in [1.807, 2.05) is 24.3 Å². The summed E-state index contributed by atoms with van der Waals surface area (Å²) >= 11 is 13.4. The van der Waals surface area contributed by atoms with Crippen molar-refractivity contribution in [2.24, 2.45) is 0 Å². The van der Waals surface area contributed by atoms with Gasteiger partial charge in [0.05, 0.1) is 10.1 Å². The highest BCUT2D eigenvalue weighted by atomic mass is 35.5. The lowest BCUT2D eigenvalue weighted by Gasteiger charge is -2.34. The molecule has 5 rings (SSSR count). The Bertz CT molecular complexity index is 1380. The normalized spacial score (nSPS) is 18.1. The largest absolute Gasteiger partial charge is 0.439 e. The highest BCUT2D eigenvalue weighted by Crippen LogP contribution is 2.61. The number of anilines is 1. The Morgan fingerprint density at radius 1 is 1.09 bits per heavy atom. The molecule has 0 radical (unpaired) electrons. The molecule has 1 unspecified atom stereocenters. The number of pyridine rings is 1. The van der Waals surface area contributed by atoms with E-state index in [0.29, 0.717) is 27.1 Å². The van der Waals surface area contributed by atoms with Gasteiger partial charge in [-0.05, 0) is 72.3 Å². The molecule has 2 aromatic heterocycles. The minimum atomic E-state index is -2.60. The second kappa shape index (κ2) is 9.37. The van der Waals surface area contributed by atoms with Crippen LogP contribution in [0.1, 0.15) is 33.3 Å². The van der Waals surface area contributed by atoms with Crippen LogP contribution in [-0.4, -0.2) is 25.7 Å². The van der Waals surface area contributed by atoms with E-state index in [2.05, 4.69) is 10.3 Å². The molecule has 1 amide bonds. The van der Waals surface area contributed by atoms with Crippen LogP contribution < -0.4 is 10.1 Å². The molecule has 2 aromatic carbocycles. The molecule has 3 heterocycles. The van der Waals surface area contributed by atoms with Crippen LogP contribution in [0.3, 0.4) is 0 Å². The summed E-state index contributed by atoms with van der Waals surface area (Å²) < 4.78 is 27.3. The van der Waals surface area contributed by atoms with E-state index < -0.39 is 10.6 Å². The van der Waals surface area contributed by atoms with Crippen molar-refractivity contribution < 1.29 is 18.6 Å². The Kier molecular flexibility index (Phi) is 6.45. The van der Waals surface area contributed by atoms with Gasteiger partial charge in [-0.3, -0.25) is 13.9 Å². The zero-order chi connectivity index (χ0) is 23.9. The molecule has 0 bridgehead atoms. The fourth-order valence-corrected chi connectivity index (χ4v) is 7.25. The maximum Gasteiger partial charge on any atom is 0.265 e. The lowest BCUT2D eigenvalue weighted by molar-refractivity contribution is 0.103. The fraction of sp³-hybridized carbons (Fsp3) is 0.167. The molecule has 10 heteroatoms. The van der Waals surface area contributed by atoms with Crippen molar-refractivity contribution >= 4 is 66.8 Å². The number of rotatable bonds is 5. The molecule has 0 saturated carbocycles. The smallest absolute Gasteiger partial charge is 0.265 e. The summed E-state index contributed by atoms with van der Waals surface area (Å²) in [7, 11) is -2.60. The molecule has 1 aliphatic rings. The monoisotopic (exact) mass is 534 g/mol. The number of thiophene rings is 1. The first-order chi connectivity index (χ1) is 16.3. The van der Waals surface area contributed by atoms with Gasteiger partial charge in [-0.25, -0.2) is 4.98 Å². The number of fused-ring (bicyclic) bond motifs is 1. The SMILES string of the molecule is O=C(Nc1cc(Cl)nc(Oc2ccc(Cl)cc2)c1)c1cc2cc(C3CCCS3(O)O)ccc2s1. The lowest BCUT2D eigenvalue weighted by atomic mass is 10.1. The summed E-state index contributed by atoms with van der Waals surface area (Å²) in [5.74, 6) is 0.940. The summed E-state index contributed by atoms with van der Waals surface area (Å²) in [6.45, 7) is 0. The molecule has 1 atom stereocenters. The first-order valence-electron chi connectivity index (χ1n) is 10.5. The molecule has 3 N–H and O–H groups in total. The average molecular weight is 535 g/mol. The van der Waals surface area contributed by atoms with Crippen LogP contribution in [0.4, 0.5) is 5.69 Å². The van der Waals surface area contributed by atoms with E-state index in [-0.39, 0.29) is 22.2 Å². The van der Waals surface area contributed by atoms with Crippen molar-refractivity contribution in [3.05, 3.63) is 81.3 Å². The standard InChI is InChI=1S/C24H20Cl2N2O4S2/c25-16-4-6-18(7-5-16)32-23-13-17(12-22(26)28-23)27-24(29)20-11-15-10-14(3-8-19(15)33-20)21-2-1-9-34(21,30)31/h3-8,10-13,21,30-31H,1-2,9H2,(H,27,28,29). The van der Waals surface area contributed by atoms with Gasteiger partial charge < -0.3 is 10.1 Å².